The van der Waals surface area contributed by atoms with Gasteiger partial charge in [0.2, 0.25) is 0 Å². The standard InChI is InChI=1S/C23H16N4O2S3/c1-13-4-19(31-22(13)15-7-24-11-25-8-15)17-2-3-18(30-17)20-5-14(6-21(28)29)23(32-20)16-9-26-12-27-10-16/h2-5,7-12H,6H2,1H3,(H,28,29). The van der Waals surface area contributed by atoms with E-state index < -0.39 is 5.97 Å². The van der Waals surface area contributed by atoms with Crippen molar-refractivity contribution in [2.24, 2.45) is 0 Å². The van der Waals surface area contributed by atoms with Crippen molar-refractivity contribution in [2.45, 2.75) is 13.3 Å². The molecule has 0 unspecified atom stereocenters. The maximum atomic E-state index is 11.4. The molecule has 0 aliphatic heterocycles. The maximum absolute atomic E-state index is 11.4. The molecule has 9 heteroatoms. The highest BCUT2D eigenvalue weighted by atomic mass is 32.1. The van der Waals surface area contributed by atoms with Gasteiger partial charge in [0.15, 0.2) is 0 Å². The average molecular weight is 477 g/mol. The van der Waals surface area contributed by atoms with Crippen molar-refractivity contribution < 1.29 is 9.90 Å². The largest absolute Gasteiger partial charge is 0.481 e. The minimum atomic E-state index is -0.856. The Morgan fingerprint density at radius 2 is 1.31 bits per heavy atom. The molecule has 0 saturated carbocycles. The summed E-state index contributed by atoms with van der Waals surface area (Å²) in [5.41, 5.74) is 3.83. The van der Waals surface area contributed by atoms with Gasteiger partial charge in [0.25, 0.3) is 0 Å². The predicted molar refractivity (Wildman–Crippen MR) is 129 cm³/mol. The predicted octanol–water partition coefficient (Wildman–Crippen LogP) is 6.05. The van der Waals surface area contributed by atoms with Gasteiger partial charge >= 0.3 is 5.97 Å². The zero-order valence-electron chi connectivity index (χ0n) is 16.8. The number of carbonyl (C=O) groups is 1. The Balaban J connectivity index is 1.50. The van der Waals surface area contributed by atoms with E-state index in [0.717, 1.165) is 31.3 Å². The van der Waals surface area contributed by atoms with Gasteiger partial charge in [-0.25, -0.2) is 19.9 Å². The SMILES string of the molecule is Cc1cc(-c2ccc(-c3cc(CC(=O)O)c(-c4cncnc4)s3)s2)sc1-c1cncnc1. The number of thiophene rings is 3. The molecule has 0 amide bonds. The summed E-state index contributed by atoms with van der Waals surface area (Å²) in [5, 5.41) is 9.36. The van der Waals surface area contributed by atoms with Crippen LogP contribution in [-0.4, -0.2) is 31.0 Å². The summed E-state index contributed by atoms with van der Waals surface area (Å²) < 4.78 is 0. The van der Waals surface area contributed by atoms with E-state index in [-0.39, 0.29) is 6.42 Å². The molecule has 6 nitrogen and oxygen atoms in total. The van der Waals surface area contributed by atoms with E-state index in [4.69, 9.17) is 0 Å². The number of carboxylic acid groups (broad SMARTS) is 1. The Morgan fingerprint density at radius 1 is 0.781 bits per heavy atom. The van der Waals surface area contributed by atoms with Crippen LogP contribution in [0.4, 0.5) is 0 Å². The highest BCUT2D eigenvalue weighted by molar-refractivity contribution is 7.28. The summed E-state index contributed by atoms with van der Waals surface area (Å²) in [6.07, 6.45) is 10.1. The molecule has 0 spiro atoms. The molecule has 5 aromatic rings. The lowest BCUT2D eigenvalue weighted by molar-refractivity contribution is -0.136. The number of nitrogens with zero attached hydrogens (tertiary/aromatic N) is 4. The number of aliphatic carboxylic acids is 1. The van der Waals surface area contributed by atoms with Crippen LogP contribution < -0.4 is 0 Å². The highest BCUT2D eigenvalue weighted by Crippen LogP contribution is 2.45. The van der Waals surface area contributed by atoms with Crippen molar-refractivity contribution in [1.82, 2.24) is 19.9 Å². The van der Waals surface area contributed by atoms with Crippen LogP contribution in [0, 0.1) is 6.92 Å². The zero-order valence-corrected chi connectivity index (χ0v) is 19.3. The highest BCUT2D eigenvalue weighted by Gasteiger charge is 2.18. The van der Waals surface area contributed by atoms with Crippen LogP contribution in [0.1, 0.15) is 11.1 Å². The Kier molecular flexibility index (Phi) is 5.60. The van der Waals surface area contributed by atoms with Gasteiger partial charge in [-0.1, -0.05) is 0 Å². The molecule has 0 radical (unpaired) electrons. The van der Waals surface area contributed by atoms with Crippen LogP contribution in [0.5, 0.6) is 0 Å². The number of hydrogen-bond acceptors (Lipinski definition) is 8. The second-order valence-corrected chi connectivity index (χ2v) is 10.3. The Bertz CT molecular complexity index is 1390. The van der Waals surface area contributed by atoms with Crippen LogP contribution in [-0.2, 0) is 11.2 Å². The van der Waals surface area contributed by atoms with E-state index in [1.165, 1.54) is 32.8 Å². The van der Waals surface area contributed by atoms with E-state index in [0.29, 0.717) is 0 Å². The lowest BCUT2D eigenvalue weighted by atomic mass is 10.1. The van der Waals surface area contributed by atoms with Crippen molar-refractivity contribution in [1.29, 1.82) is 0 Å². The Labute approximate surface area is 196 Å². The van der Waals surface area contributed by atoms with Crippen LogP contribution >= 0.6 is 34.0 Å². The van der Waals surface area contributed by atoms with E-state index in [1.807, 2.05) is 18.5 Å². The molecule has 0 aliphatic rings. The fourth-order valence-electron chi connectivity index (χ4n) is 3.41. The third-order valence-electron chi connectivity index (χ3n) is 4.81. The minimum absolute atomic E-state index is 0.0361. The van der Waals surface area contributed by atoms with Crippen LogP contribution in [0.2, 0.25) is 0 Å². The molecule has 158 valence electrons. The summed E-state index contributed by atoms with van der Waals surface area (Å²) in [4.78, 5) is 34.4. The molecule has 32 heavy (non-hydrogen) atoms. The van der Waals surface area contributed by atoms with Gasteiger partial charge in [-0.05, 0) is 42.3 Å². The average Bonchev–Trinajstić information content (AvgIpc) is 3.53. The van der Waals surface area contributed by atoms with Gasteiger partial charge in [-0.15, -0.1) is 34.0 Å². The topological polar surface area (TPSA) is 88.9 Å². The van der Waals surface area contributed by atoms with Gasteiger partial charge in [-0.2, -0.15) is 0 Å². The summed E-state index contributed by atoms with van der Waals surface area (Å²) >= 11 is 5.01. The van der Waals surface area contributed by atoms with E-state index in [1.54, 1.807) is 46.4 Å². The molecule has 0 bridgehead atoms. The van der Waals surface area contributed by atoms with Crippen molar-refractivity contribution in [3.8, 4) is 40.4 Å². The smallest absolute Gasteiger partial charge is 0.307 e. The third kappa shape index (κ3) is 4.10. The lowest BCUT2D eigenvalue weighted by Gasteiger charge is -1.99. The molecule has 5 rings (SSSR count). The van der Waals surface area contributed by atoms with Gasteiger partial charge in [0.1, 0.15) is 12.7 Å². The maximum Gasteiger partial charge on any atom is 0.307 e. The Hall–Kier alpha value is -3.27. The van der Waals surface area contributed by atoms with E-state index >= 15 is 0 Å². The van der Waals surface area contributed by atoms with E-state index in [9.17, 15) is 9.90 Å². The Morgan fingerprint density at radius 3 is 1.91 bits per heavy atom. The quantitative estimate of drug-likeness (QED) is 0.321. The molecular weight excluding hydrogens is 460 g/mol. The molecule has 0 atom stereocenters. The van der Waals surface area contributed by atoms with Crippen LogP contribution in [0.15, 0.2) is 61.7 Å². The number of rotatable bonds is 6. The van der Waals surface area contributed by atoms with Gasteiger partial charge in [-0.3, -0.25) is 4.79 Å². The molecular formula is C23H16N4O2S3. The number of aryl methyl sites for hydroxylation is 1. The number of aromatic nitrogens is 4. The van der Waals surface area contributed by atoms with Crippen molar-refractivity contribution in [2.75, 3.05) is 0 Å². The minimum Gasteiger partial charge on any atom is -0.481 e. The van der Waals surface area contributed by atoms with E-state index in [2.05, 4.69) is 45.1 Å². The van der Waals surface area contributed by atoms with Gasteiger partial charge < -0.3 is 5.11 Å². The lowest BCUT2D eigenvalue weighted by Crippen LogP contribution is -1.99. The molecule has 5 heterocycles. The third-order valence-corrected chi connectivity index (χ3v) is 8.80. The first-order valence-corrected chi connectivity index (χ1v) is 12.1. The van der Waals surface area contributed by atoms with Crippen LogP contribution in [0.3, 0.4) is 0 Å². The number of hydrogen-bond donors (Lipinski definition) is 1. The summed E-state index contributed by atoms with van der Waals surface area (Å²) in [6, 6.07) is 8.39. The summed E-state index contributed by atoms with van der Waals surface area (Å²) in [7, 11) is 0. The second-order valence-electron chi connectivity index (χ2n) is 7.08. The summed E-state index contributed by atoms with van der Waals surface area (Å²) in [5.74, 6) is -0.856. The number of carboxylic acids is 1. The fraction of sp³-hybridized carbons (Fsp3) is 0.0870. The van der Waals surface area contributed by atoms with Gasteiger partial charge in [0.05, 0.1) is 6.42 Å². The first-order chi connectivity index (χ1) is 15.6. The van der Waals surface area contributed by atoms with Crippen LogP contribution in [0.25, 0.3) is 40.4 Å². The zero-order chi connectivity index (χ0) is 22.1. The van der Waals surface area contributed by atoms with Gasteiger partial charge in [0, 0.05) is 65.2 Å². The molecule has 1 N–H and O–H groups in total. The molecule has 0 aliphatic carbocycles. The van der Waals surface area contributed by atoms with Crippen molar-refractivity contribution in [3.63, 3.8) is 0 Å². The summed E-state index contributed by atoms with van der Waals surface area (Å²) in [6.45, 7) is 2.10. The molecule has 0 saturated heterocycles. The molecule has 0 aromatic carbocycles. The van der Waals surface area contributed by atoms with Crippen molar-refractivity contribution >= 4 is 40.0 Å². The van der Waals surface area contributed by atoms with Crippen molar-refractivity contribution in [3.05, 3.63) is 72.8 Å². The normalized spacial score (nSPS) is 11.0. The molecule has 5 aromatic heterocycles. The monoisotopic (exact) mass is 476 g/mol. The molecule has 0 fully saturated rings. The first-order valence-electron chi connectivity index (χ1n) is 9.65. The first kappa shape index (κ1) is 20.6. The second kappa shape index (κ2) is 8.70. The fourth-order valence-corrected chi connectivity index (χ4v) is 6.89.